The molecule has 1 fully saturated rings. The molecule has 0 radical (unpaired) electrons. The number of hydrogen-bond donors (Lipinski definition) is 1. The van der Waals surface area contributed by atoms with Gasteiger partial charge in [-0.25, -0.2) is 0 Å². The number of carbonyl (C=O) groups is 2. The van der Waals surface area contributed by atoms with Gasteiger partial charge in [-0.3, -0.25) is 9.59 Å². The van der Waals surface area contributed by atoms with E-state index in [0.717, 1.165) is 10.5 Å². The number of rotatable bonds is 2. The van der Waals surface area contributed by atoms with Gasteiger partial charge >= 0.3 is 0 Å². The number of carbonyl (C=O) groups excluding carboxylic acids is 2. The topological polar surface area (TPSA) is 47.8 Å². The molecule has 1 aliphatic carbocycles. The van der Waals surface area contributed by atoms with Crippen LogP contribution in [0.4, 0.5) is 0 Å². The minimum absolute atomic E-state index is 0.0822. The normalized spacial score (nSPS) is 20.5. The Balaban J connectivity index is 1.94. The fraction of sp³-hybridized carbons (Fsp3) is 0.263. The zero-order chi connectivity index (χ0) is 15.9. The maximum atomic E-state index is 13.3. The van der Waals surface area contributed by atoms with Crippen LogP contribution in [0.25, 0.3) is 0 Å². The van der Waals surface area contributed by atoms with E-state index in [-0.39, 0.29) is 11.6 Å². The average molecular weight is 308 g/mol. The van der Waals surface area contributed by atoms with Crippen molar-refractivity contribution in [2.24, 2.45) is 0 Å². The first-order chi connectivity index (χ1) is 11.3. The lowest BCUT2D eigenvalue weighted by atomic mass is 9.82. The fourth-order valence-corrected chi connectivity index (χ4v) is 3.85. The molecule has 0 bridgehead atoms. The Morgan fingerprint density at radius 1 is 0.783 bits per heavy atom. The minimum Gasteiger partial charge on any atom is -0.370 e. The van der Waals surface area contributed by atoms with Crippen molar-refractivity contribution in [2.45, 2.75) is 5.54 Å². The van der Waals surface area contributed by atoms with Gasteiger partial charge in [-0.15, -0.1) is 0 Å². The summed E-state index contributed by atoms with van der Waals surface area (Å²) in [6.07, 6.45) is 0. The summed E-state index contributed by atoms with van der Waals surface area (Å²) < 4.78 is 5.44. The molecular formula is C19H18NO3+. The van der Waals surface area contributed by atoms with Crippen molar-refractivity contribution in [3.05, 3.63) is 71.3 Å². The maximum Gasteiger partial charge on any atom is 0.250 e. The summed E-state index contributed by atoms with van der Waals surface area (Å²) in [6.45, 7) is 2.45. The number of ether oxygens (including phenoxy) is 1. The van der Waals surface area contributed by atoms with Gasteiger partial charge in [-0.2, -0.15) is 0 Å². The number of nitrogens with one attached hydrogen (secondary N) is 1. The van der Waals surface area contributed by atoms with Crippen molar-refractivity contribution < 1.29 is 19.2 Å². The Labute approximate surface area is 134 Å². The highest BCUT2D eigenvalue weighted by Gasteiger charge is 2.61. The number of benzene rings is 2. The second-order valence-corrected chi connectivity index (χ2v) is 6.04. The van der Waals surface area contributed by atoms with E-state index in [2.05, 4.69) is 0 Å². The van der Waals surface area contributed by atoms with Gasteiger partial charge in [-0.05, 0) is 0 Å². The zero-order valence-electron chi connectivity index (χ0n) is 12.7. The van der Waals surface area contributed by atoms with E-state index in [1.54, 1.807) is 12.1 Å². The summed E-state index contributed by atoms with van der Waals surface area (Å²) in [5.41, 5.74) is 0.707. The van der Waals surface area contributed by atoms with E-state index >= 15 is 0 Å². The van der Waals surface area contributed by atoms with Gasteiger partial charge in [0.25, 0.3) is 5.54 Å². The third-order valence-corrected chi connectivity index (χ3v) is 4.93. The van der Waals surface area contributed by atoms with Crippen molar-refractivity contribution >= 4 is 11.6 Å². The zero-order valence-corrected chi connectivity index (χ0v) is 12.7. The summed E-state index contributed by atoms with van der Waals surface area (Å²) in [5, 5.41) is 0. The first-order valence-corrected chi connectivity index (χ1v) is 7.93. The third-order valence-electron chi connectivity index (χ3n) is 4.93. The fourth-order valence-electron chi connectivity index (χ4n) is 3.85. The van der Waals surface area contributed by atoms with Crippen LogP contribution in [0.15, 0.2) is 54.6 Å². The van der Waals surface area contributed by atoms with E-state index in [0.29, 0.717) is 37.4 Å². The monoisotopic (exact) mass is 308 g/mol. The highest BCUT2D eigenvalue weighted by Crippen LogP contribution is 2.35. The van der Waals surface area contributed by atoms with E-state index in [1.807, 2.05) is 42.5 Å². The average Bonchev–Trinajstić information content (AvgIpc) is 2.86. The Bertz CT molecular complexity index is 728. The lowest BCUT2D eigenvalue weighted by molar-refractivity contribution is -0.944. The number of hydrogen-bond acceptors (Lipinski definition) is 3. The van der Waals surface area contributed by atoms with Crippen LogP contribution in [0.1, 0.15) is 26.3 Å². The standard InChI is InChI=1S/C19H17NO3/c21-17-15-8-4-5-9-16(15)18(22)19(17,14-6-2-1-3-7-14)20-10-12-23-13-11-20/h1-9H,10-13H2/p+1. The first kappa shape index (κ1) is 14.3. The SMILES string of the molecule is O=C1c2ccccc2C(=O)C1(c1ccccc1)[NH+]1CCOCC1. The molecule has 0 unspecified atom stereocenters. The van der Waals surface area contributed by atoms with Crippen molar-refractivity contribution in [3.63, 3.8) is 0 Å². The molecule has 4 nitrogen and oxygen atoms in total. The summed E-state index contributed by atoms with van der Waals surface area (Å²) >= 11 is 0. The molecule has 116 valence electrons. The van der Waals surface area contributed by atoms with E-state index in [4.69, 9.17) is 4.74 Å². The van der Waals surface area contributed by atoms with E-state index in [1.165, 1.54) is 0 Å². The Morgan fingerprint density at radius 2 is 1.30 bits per heavy atom. The summed E-state index contributed by atoms with van der Waals surface area (Å²) in [4.78, 5) is 27.7. The highest BCUT2D eigenvalue weighted by atomic mass is 16.5. The molecule has 4 rings (SSSR count). The third kappa shape index (κ3) is 1.92. The number of Topliss-reactive ketones (excluding diaryl/α,β-unsaturated/α-hetero) is 2. The molecule has 0 amide bonds. The molecule has 1 aliphatic heterocycles. The van der Waals surface area contributed by atoms with E-state index < -0.39 is 5.54 Å². The Morgan fingerprint density at radius 3 is 1.87 bits per heavy atom. The van der Waals surface area contributed by atoms with Crippen LogP contribution in [0.3, 0.4) is 0 Å². The summed E-state index contributed by atoms with van der Waals surface area (Å²) in [7, 11) is 0. The van der Waals surface area contributed by atoms with Crippen molar-refractivity contribution in [3.8, 4) is 0 Å². The highest BCUT2D eigenvalue weighted by molar-refractivity contribution is 6.31. The summed E-state index contributed by atoms with van der Waals surface area (Å²) in [6, 6.07) is 16.6. The molecule has 0 spiro atoms. The molecule has 23 heavy (non-hydrogen) atoms. The van der Waals surface area contributed by atoms with E-state index in [9.17, 15) is 9.59 Å². The van der Waals surface area contributed by atoms with Gasteiger partial charge in [0.2, 0.25) is 11.6 Å². The van der Waals surface area contributed by atoms with Crippen molar-refractivity contribution in [2.75, 3.05) is 26.3 Å². The van der Waals surface area contributed by atoms with Crippen LogP contribution in [0.5, 0.6) is 0 Å². The van der Waals surface area contributed by atoms with Gasteiger partial charge in [0.05, 0.1) is 13.2 Å². The van der Waals surface area contributed by atoms with Gasteiger partial charge in [-0.1, -0.05) is 54.6 Å². The van der Waals surface area contributed by atoms with Gasteiger partial charge in [0.15, 0.2) is 0 Å². The molecule has 2 aromatic rings. The lowest BCUT2D eigenvalue weighted by Gasteiger charge is -2.37. The van der Waals surface area contributed by atoms with Crippen LogP contribution < -0.4 is 4.90 Å². The lowest BCUT2D eigenvalue weighted by Crippen LogP contribution is -3.22. The molecule has 1 saturated heterocycles. The second-order valence-electron chi connectivity index (χ2n) is 6.04. The predicted molar refractivity (Wildman–Crippen MR) is 84.7 cm³/mol. The number of morpholine rings is 1. The molecule has 2 aliphatic rings. The van der Waals surface area contributed by atoms with Gasteiger partial charge < -0.3 is 9.64 Å². The quantitative estimate of drug-likeness (QED) is 0.838. The molecule has 0 saturated carbocycles. The summed E-state index contributed by atoms with van der Waals surface area (Å²) in [5.74, 6) is -0.164. The second kappa shape index (κ2) is 5.41. The molecule has 1 heterocycles. The molecule has 2 aromatic carbocycles. The van der Waals surface area contributed by atoms with Crippen LogP contribution in [0, 0.1) is 0 Å². The minimum atomic E-state index is -1.16. The van der Waals surface area contributed by atoms with Gasteiger partial charge in [0.1, 0.15) is 13.1 Å². The largest absolute Gasteiger partial charge is 0.370 e. The van der Waals surface area contributed by atoms with Crippen LogP contribution in [0.2, 0.25) is 0 Å². The van der Waals surface area contributed by atoms with Crippen LogP contribution >= 0.6 is 0 Å². The molecule has 1 N–H and O–H groups in total. The smallest absolute Gasteiger partial charge is 0.250 e. The number of quaternary nitrogens is 1. The first-order valence-electron chi connectivity index (χ1n) is 7.93. The van der Waals surface area contributed by atoms with Crippen LogP contribution in [-0.2, 0) is 10.3 Å². The number of ketones is 2. The number of fused-ring (bicyclic) bond motifs is 1. The van der Waals surface area contributed by atoms with Crippen molar-refractivity contribution in [1.29, 1.82) is 0 Å². The molecule has 0 atom stereocenters. The molecular weight excluding hydrogens is 290 g/mol. The molecule has 4 heteroatoms. The Kier molecular flexibility index (Phi) is 3.36. The predicted octanol–water partition coefficient (Wildman–Crippen LogP) is 0.876. The van der Waals surface area contributed by atoms with Crippen LogP contribution in [-0.4, -0.2) is 37.9 Å². The maximum absolute atomic E-state index is 13.3. The van der Waals surface area contributed by atoms with Gasteiger partial charge in [0, 0.05) is 16.7 Å². The molecule has 0 aromatic heterocycles. The Hall–Kier alpha value is -2.30. The van der Waals surface area contributed by atoms with Crippen molar-refractivity contribution in [1.82, 2.24) is 0 Å².